The van der Waals surface area contributed by atoms with Gasteiger partial charge in [-0.2, -0.15) is 26.3 Å². The Morgan fingerprint density at radius 3 is 1.38 bits per heavy atom. The van der Waals surface area contributed by atoms with Crippen LogP contribution in [0.2, 0.25) is 0 Å². The van der Waals surface area contributed by atoms with Crippen LogP contribution in [0.1, 0.15) is 33.4 Å². The summed E-state index contributed by atoms with van der Waals surface area (Å²) in [4.78, 5) is 8.65. The van der Waals surface area contributed by atoms with E-state index in [-0.39, 0.29) is 17.5 Å². The van der Waals surface area contributed by atoms with Gasteiger partial charge < -0.3 is 0 Å². The van der Waals surface area contributed by atoms with Crippen molar-refractivity contribution in [1.82, 2.24) is 9.97 Å². The van der Waals surface area contributed by atoms with Gasteiger partial charge in [0.2, 0.25) is 0 Å². The van der Waals surface area contributed by atoms with Crippen molar-refractivity contribution in [3.63, 3.8) is 0 Å². The zero-order valence-electron chi connectivity index (χ0n) is 18.8. The number of hydrogen-bond acceptors (Lipinski definition) is 2. The molecule has 0 N–H and O–H groups in total. The summed E-state index contributed by atoms with van der Waals surface area (Å²) in [6.07, 6.45) is -10.0. The van der Waals surface area contributed by atoms with Gasteiger partial charge in [-0.25, -0.2) is 9.97 Å². The Morgan fingerprint density at radius 2 is 0.971 bits per heavy atom. The normalized spacial score (nSPS) is 12.4. The molecule has 176 valence electrons. The number of nitrogens with zero attached hydrogens (tertiary/aromatic N) is 2. The number of fused-ring (bicyclic) bond motifs is 1. The second-order valence-corrected chi connectivity index (χ2v) is 8.56. The second-order valence-electron chi connectivity index (χ2n) is 8.56. The molecule has 0 fully saturated rings. The molecule has 34 heavy (non-hydrogen) atoms. The lowest BCUT2D eigenvalue weighted by Gasteiger charge is -2.17. The lowest BCUT2D eigenvalue weighted by atomic mass is 9.97. The molecule has 4 rings (SSSR count). The van der Waals surface area contributed by atoms with Crippen molar-refractivity contribution in [2.45, 2.75) is 40.0 Å². The van der Waals surface area contributed by atoms with Crippen molar-refractivity contribution in [3.05, 3.63) is 81.9 Å². The highest BCUT2D eigenvalue weighted by Crippen LogP contribution is 2.41. The van der Waals surface area contributed by atoms with Crippen molar-refractivity contribution >= 4 is 11.0 Å². The number of benzene rings is 3. The van der Waals surface area contributed by atoms with Crippen LogP contribution in [0.4, 0.5) is 26.3 Å². The van der Waals surface area contributed by atoms with Crippen LogP contribution < -0.4 is 0 Å². The summed E-state index contributed by atoms with van der Waals surface area (Å²) in [5.74, 6) is 0. The van der Waals surface area contributed by atoms with E-state index in [1.165, 1.54) is 0 Å². The van der Waals surface area contributed by atoms with Gasteiger partial charge in [0.15, 0.2) is 0 Å². The average Bonchev–Trinajstić information content (AvgIpc) is 2.69. The third-order valence-corrected chi connectivity index (χ3v) is 5.39. The Bertz CT molecular complexity index is 1380. The highest BCUT2D eigenvalue weighted by atomic mass is 19.4. The maximum Gasteiger partial charge on any atom is 0.418 e. The Hall–Kier alpha value is -3.42. The smallest absolute Gasteiger partial charge is 0.244 e. The topological polar surface area (TPSA) is 25.8 Å². The molecular formula is C26H20F6N2. The highest BCUT2D eigenvalue weighted by molar-refractivity contribution is 5.89. The maximum atomic E-state index is 13.8. The molecular weight excluding hydrogens is 454 g/mol. The van der Waals surface area contributed by atoms with Crippen molar-refractivity contribution in [3.8, 4) is 22.5 Å². The third kappa shape index (κ3) is 4.62. The first-order valence-corrected chi connectivity index (χ1v) is 10.4. The molecule has 0 aliphatic carbocycles. The van der Waals surface area contributed by atoms with Crippen LogP contribution in [0.25, 0.3) is 33.5 Å². The zero-order chi connectivity index (χ0) is 25.0. The predicted molar refractivity (Wildman–Crippen MR) is 119 cm³/mol. The first-order valence-electron chi connectivity index (χ1n) is 10.4. The quantitative estimate of drug-likeness (QED) is 0.274. The van der Waals surface area contributed by atoms with Gasteiger partial charge in [0.1, 0.15) is 5.52 Å². The van der Waals surface area contributed by atoms with E-state index >= 15 is 0 Å². The van der Waals surface area contributed by atoms with E-state index in [0.29, 0.717) is 17.2 Å². The fourth-order valence-electron chi connectivity index (χ4n) is 4.17. The molecule has 0 aliphatic rings. The molecule has 0 saturated carbocycles. The largest absolute Gasteiger partial charge is 0.418 e. The monoisotopic (exact) mass is 474 g/mol. The average molecular weight is 474 g/mol. The van der Waals surface area contributed by atoms with Crippen molar-refractivity contribution < 1.29 is 26.3 Å². The molecule has 0 amide bonds. The van der Waals surface area contributed by atoms with E-state index in [9.17, 15) is 26.3 Å². The molecule has 0 aliphatic heterocycles. The number of halogens is 6. The van der Waals surface area contributed by atoms with Crippen molar-refractivity contribution in [2.75, 3.05) is 0 Å². The van der Waals surface area contributed by atoms with Gasteiger partial charge in [-0.1, -0.05) is 34.4 Å². The van der Waals surface area contributed by atoms with Crippen molar-refractivity contribution in [2.24, 2.45) is 0 Å². The van der Waals surface area contributed by atoms with Crippen LogP contribution in [0.3, 0.4) is 0 Å². The molecule has 0 spiro atoms. The highest BCUT2D eigenvalue weighted by Gasteiger charge is 2.39. The zero-order valence-corrected chi connectivity index (χ0v) is 18.8. The van der Waals surface area contributed by atoms with E-state index in [0.717, 1.165) is 22.3 Å². The summed E-state index contributed by atoms with van der Waals surface area (Å²) >= 11 is 0. The fraction of sp³-hybridized carbons (Fsp3) is 0.231. The Labute approximate surface area is 192 Å². The lowest BCUT2D eigenvalue weighted by molar-refractivity contribution is -0.142. The molecule has 0 radical (unpaired) electrons. The lowest BCUT2D eigenvalue weighted by Crippen LogP contribution is -2.13. The van der Waals surface area contributed by atoms with Gasteiger partial charge in [0.05, 0.1) is 28.0 Å². The standard InChI is InChI=1S/C26H20F6N2/c1-13-5-14(2)8-17(7-13)22-23(18-9-15(3)6-16(4)10-18)34-24-20(26(30,31)32)11-19(25(27,28)29)12-21(24)33-22/h5-12H,1-4H3. The van der Waals surface area contributed by atoms with Gasteiger partial charge in [0, 0.05) is 11.1 Å². The number of rotatable bonds is 2. The molecule has 2 nitrogen and oxygen atoms in total. The molecule has 1 heterocycles. The summed E-state index contributed by atoms with van der Waals surface area (Å²) in [5, 5.41) is 0. The van der Waals surface area contributed by atoms with E-state index in [2.05, 4.69) is 9.97 Å². The molecule has 0 atom stereocenters. The van der Waals surface area contributed by atoms with Crippen LogP contribution in [0.15, 0.2) is 48.5 Å². The second kappa shape index (κ2) is 8.11. The van der Waals surface area contributed by atoms with Crippen LogP contribution in [0, 0.1) is 27.7 Å². The molecule has 3 aromatic carbocycles. The molecule has 1 aromatic heterocycles. The summed E-state index contributed by atoms with van der Waals surface area (Å²) in [6.45, 7) is 7.40. The summed E-state index contributed by atoms with van der Waals surface area (Å²) in [5.41, 5.74) is 0.999. The van der Waals surface area contributed by atoms with Gasteiger partial charge in [-0.15, -0.1) is 0 Å². The van der Waals surface area contributed by atoms with Crippen molar-refractivity contribution in [1.29, 1.82) is 0 Å². The van der Waals surface area contributed by atoms with E-state index in [4.69, 9.17) is 0 Å². The van der Waals surface area contributed by atoms with Gasteiger partial charge in [-0.3, -0.25) is 0 Å². The predicted octanol–water partition coefficient (Wildman–Crippen LogP) is 8.24. The Kier molecular flexibility index (Phi) is 5.66. The SMILES string of the molecule is Cc1cc(C)cc(-c2nc3cc(C(F)(F)F)cc(C(F)(F)F)c3nc2-c2cc(C)cc(C)c2)c1. The minimum absolute atomic E-state index is 0.0960. The Balaban J connectivity index is 2.17. The summed E-state index contributed by atoms with van der Waals surface area (Å²) < 4.78 is 81.8. The molecule has 8 heteroatoms. The minimum atomic E-state index is -5.05. The molecule has 0 unspecified atom stereocenters. The van der Waals surface area contributed by atoms with Gasteiger partial charge in [-0.05, 0) is 64.1 Å². The first-order chi connectivity index (χ1) is 15.7. The van der Waals surface area contributed by atoms with Crippen LogP contribution >= 0.6 is 0 Å². The number of alkyl halides is 6. The third-order valence-electron chi connectivity index (χ3n) is 5.39. The number of aryl methyl sites for hydroxylation is 4. The first kappa shape index (κ1) is 23.7. The van der Waals surface area contributed by atoms with Crippen LogP contribution in [0.5, 0.6) is 0 Å². The van der Waals surface area contributed by atoms with Crippen LogP contribution in [-0.2, 0) is 12.4 Å². The molecule has 0 saturated heterocycles. The van der Waals surface area contributed by atoms with E-state index in [1.807, 2.05) is 39.8 Å². The molecule has 0 bridgehead atoms. The maximum absolute atomic E-state index is 13.8. The number of hydrogen-bond donors (Lipinski definition) is 0. The van der Waals surface area contributed by atoms with Gasteiger partial charge >= 0.3 is 12.4 Å². The van der Waals surface area contributed by atoms with E-state index in [1.54, 1.807) is 24.3 Å². The summed E-state index contributed by atoms with van der Waals surface area (Å²) in [7, 11) is 0. The van der Waals surface area contributed by atoms with E-state index < -0.39 is 34.5 Å². The summed E-state index contributed by atoms with van der Waals surface area (Å²) in [6, 6.07) is 11.6. The minimum Gasteiger partial charge on any atom is -0.244 e. The number of aromatic nitrogens is 2. The van der Waals surface area contributed by atoms with Crippen LogP contribution in [-0.4, -0.2) is 9.97 Å². The molecule has 4 aromatic rings. The van der Waals surface area contributed by atoms with Gasteiger partial charge in [0.25, 0.3) is 0 Å². The fourth-order valence-corrected chi connectivity index (χ4v) is 4.17. The Morgan fingerprint density at radius 1 is 0.529 bits per heavy atom.